The van der Waals surface area contributed by atoms with Crippen molar-refractivity contribution in [2.75, 3.05) is 0 Å². The van der Waals surface area contributed by atoms with Crippen molar-refractivity contribution in [1.82, 2.24) is 9.13 Å². The maximum atomic E-state index is 2.47. The predicted octanol–water partition coefficient (Wildman–Crippen LogP) is 19.5. The second kappa shape index (κ2) is 18.1. The fraction of sp³-hybridized carbons (Fsp3) is 0. The number of benzene rings is 12. The fourth-order valence-corrected chi connectivity index (χ4v) is 11.4. The molecule has 0 amide bonds. The molecule has 12 aromatic carbocycles. The topological polar surface area (TPSA) is 9.86 Å². The largest absolute Gasteiger partial charge is 0.309 e. The van der Waals surface area contributed by atoms with E-state index in [1.165, 1.54) is 122 Å². The summed E-state index contributed by atoms with van der Waals surface area (Å²) >= 11 is 0. The Hall–Kier alpha value is -9.76. The highest BCUT2D eigenvalue weighted by molar-refractivity contribution is 6.17. The van der Waals surface area contributed by atoms with Crippen LogP contribution in [0, 0.1) is 0 Å². The highest BCUT2D eigenvalue weighted by Crippen LogP contribution is 2.44. The molecule has 0 fully saturated rings. The summed E-state index contributed by atoms with van der Waals surface area (Å²) in [5.41, 5.74) is 23.7. The van der Waals surface area contributed by atoms with Gasteiger partial charge >= 0.3 is 0 Å². The van der Waals surface area contributed by atoms with Crippen molar-refractivity contribution in [2.24, 2.45) is 0 Å². The van der Waals surface area contributed by atoms with Gasteiger partial charge in [0.1, 0.15) is 0 Å². The molecule has 2 aromatic heterocycles. The first kappa shape index (κ1) is 43.1. The van der Waals surface area contributed by atoms with Gasteiger partial charge in [-0.25, -0.2) is 0 Å². The molecule has 14 aromatic rings. The SMILES string of the molecule is c1ccc(-c2ccc(-n3c4ccc(-c5ccc6c(c5)c5ccccc5n6-c5cc(-c6ccccc6)ccc5-c5ccccc5)cc4c4c(-c5cccc(-c6cccc(-c7ccccc7)c6)c5)cccc43)cc2)cc1. The number of aromatic nitrogens is 2. The van der Waals surface area contributed by atoms with Crippen LogP contribution in [-0.4, -0.2) is 9.13 Å². The normalized spacial score (nSPS) is 11.5. The van der Waals surface area contributed by atoms with Crippen LogP contribution in [0.15, 0.2) is 291 Å². The number of para-hydroxylation sites is 1. The van der Waals surface area contributed by atoms with E-state index in [9.17, 15) is 0 Å². The molecule has 0 radical (unpaired) electrons. The average Bonchev–Trinajstić information content (AvgIpc) is 4.01. The van der Waals surface area contributed by atoms with Crippen molar-refractivity contribution in [1.29, 1.82) is 0 Å². The van der Waals surface area contributed by atoms with Crippen LogP contribution in [0.5, 0.6) is 0 Å². The van der Waals surface area contributed by atoms with E-state index >= 15 is 0 Å². The van der Waals surface area contributed by atoms with Crippen molar-refractivity contribution in [2.45, 2.75) is 0 Å². The Labute approximate surface area is 431 Å². The van der Waals surface area contributed by atoms with Crippen molar-refractivity contribution in [3.63, 3.8) is 0 Å². The lowest BCUT2D eigenvalue weighted by Crippen LogP contribution is -1.98. The van der Waals surface area contributed by atoms with Crippen LogP contribution in [0.2, 0.25) is 0 Å². The van der Waals surface area contributed by atoms with E-state index in [1.807, 2.05) is 0 Å². The highest BCUT2D eigenvalue weighted by Gasteiger charge is 2.21. The monoisotopic (exact) mass is 940 g/mol. The summed E-state index contributed by atoms with van der Waals surface area (Å²) in [6.45, 7) is 0. The second-order valence-electron chi connectivity index (χ2n) is 19.3. The standard InChI is InChI=1S/C72H48N2/c1-5-18-49(19-6-1)52-34-39-61(40-35-52)73-69-43-38-58(47-66(69)72-63(31-17-33-70(72)73)60-29-16-28-56(45-60)55-27-15-26-54(44-55)50-20-7-2-8-21-50)57-37-42-68-65(46-57)64-30-13-14-32-67(64)74(68)71-48-59(51-22-9-3-10-23-51)36-41-62(71)53-24-11-4-12-25-53/h1-48H. The van der Waals surface area contributed by atoms with Gasteiger partial charge in [-0.05, 0) is 139 Å². The molecule has 2 heteroatoms. The van der Waals surface area contributed by atoms with Gasteiger partial charge in [-0.1, -0.05) is 224 Å². The van der Waals surface area contributed by atoms with E-state index in [1.54, 1.807) is 0 Å². The van der Waals surface area contributed by atoms with Crippen LogP contribution in [0.3, 0.4) is 0 Å². The van der Waals surface area contributed by atoms with Gasteiger partial charge in [-0.15, -0.1) is 0 Å². The first-order valence-electron chi connectivity index (χ1n) is 25.5. The van der Waals surface area contributed by atoms with E-state index in [2.05, 4.69) is 300 Å². The van der Waals surface area contributed by atoms with Crippen LogP contribution in [0.25, 0.3) is 133 Å². The first-order chi connectivity index (χ1) is 36.7. The predicted molar refractivity (Wildman–Crippen MR) is 313 cm³/mol. The third kappa shape index (κ3) is 7.52. The average molecular weight is 941 g/mol. The molecular weight excluding hydrogens is 893 g/mol. The van der Waals surface area contributed by atoms with Crippen LogP contribution in [0.1, 0.15) is 0 Å². The van der Waals surface area contributed by atoms with Gasteiger partial charge in [0.2, 0.25) is 0 Å². The van der Waals surface area contributed by atoms with Crippen molar-refractivity contribution < 1.29 is 0 Å². The molecule has 0 N–H and O–H groups in total. The number of hydrogen-bond acceptors (Lipinski definition) is 0. The molecule has 0 bridgehead atoms. The van der Waals surface area contributed by atoms with E-state index < -0.39 is 0 Å². The van der Waals surface area contributed by atoms with Crippen LogP contribution in [0.4, 0.5) is 0 Å². The number of hydrogen-bond donors (Lipinski definition) is 0. The molecule has 74 heavy (non-hydrogen) atoms. The molecule has 0 saturated carbocycles. The van der Waals surface area contributed by atoms with Crippen LogP contribution in [-0.2, 0) is 0 Å². The van der Waals surface area contributed by atoms with Gasteiger partial charge in [0.15, 0.2) is 0 Å². The Balaban J connectivity index is 0.949. The molecule has 2 nitrogen and oxygen atoms in total. The van der Waals surface area contributed by atoms with Crippen molar-refractivity contribution in [3.05, 3.63) is 291 Å². The third-order valence-electron chi connectivity index (χ3n) is 14.9. The lowest BCUT2D eigenvalue weighted by atomic mass is 9.94. The zero-order valence-corrected chi connectivity index (χ0v) is 40.6. The summed E-state index contributed by atoms with van der Waals surface area (Å²) in [4.78, 5) is 0. The van der Waals surface area contributed by atoms with Crippen LogP contribution < -0.4 is 0 Å². The maximum Gasteiger partial charge on any atom is 0.0547 e. The molecule has 0 aliphatic rings. The van der Waals surface area contributed by atoms with Gasteiger partial charge in [-0.2, -0.15) is 0 Å². The van der Waals surface area contributed by atoms with Gasteiger partial charge in [0.25, 0.3) is 0 Å². The lowest BCUT2D eigenvalue weighted by Gasteiger charge is -2.16. The van der Waals surface area contributed by atoms with Gasteiger partial charge in [-0.3, -0.25) is 0 Å². The Morgan fingerprint density at radius 1 is 0.189 bits per heavy atom. The summed E-state index contributed by atoms with van der Waals surface area (Å²) in [7, 11) is 0. The number of rotatable bonds is 9. The molecule has 0 unspecified atom stereocenters. The molecule has 14 rings (SSSR count). The first-order valence-corrected chi connectivity index (χ1v) is 25.5. The maximum absolute atomic E-state index is 2.47. The summed E-state index contributed by atoms with van der Waals surface area (Å²) < 4.78 is 4.92. The third-order valence-corrected chi connectivity index (χ3v) is 14.9. The van der Waals surface area contributed by atoms with E-state index in [0.29, 0.717) is 0 Å². The minimum absolute atomic E-state index is 1.13. The molecule has 2 heterocycles. The molecule has 0 saturated heterocycles. The molecular formula is C72H48N2. The smallest absolute Gasteiger partial charge is 0.0547 e. The van der Waals surface area contributed by atoms with Gasteiger partial charge in [0.05, 0.1) is 27.8 Å². The van der Waals surface area contributed by atoms with E-state index in [0.717, 1.165) is 11.4 Å². The molecule has 346 valence electrons. The molecule has 0 atom stereocenters. The zero-order chi connectivity index (χ0) is 49.0. The quantitative estimate of drug-likeness (QED) is 0.136. The van der Waals surface area contributed by atoms with Gasteiger partial charge in [0, 0.05) is 32.8 Å². The summed E-state index contributed by atoms with van der Waals surface area (Å²) in [6.07, 6.45) is 0. The second-order valence-corrected chi connectivity index (χ2v) is 19.3. The number of fused-ring (bicyclic) bond motifs is 6. The number of nitrogens with zero attached hydrogens (tertiary/aromatic N) is 2. The summed E-state index contributed by atoms with van der Waals surface area (Å²) in [6, 6.07) is 107. The molecule has 0 aliphatic heterocycles. The zero-order valence-electron chi connectivity index (χ0n) is 40.6. The Bertz CT molecular complexity index is 4370. The van der Waals surface area contributed by atoms with E-state index in [4.69, 9.17) is 0 Å². The Kier molecular flexibility index (Phi) is 10.6. The Morgan fingerprint density at radius 2 is 0.595 bits per heavy atom. The van der Waals surface area contributed by atoms with E-state index in [-0.39, 0.29) is 0 Å². The molecule has 0 spiro atoms. The lowest BCUT2D eigenvalue weighted by molar-refractivity contribution is 1.18. The van der Waals surface area contributed by atoms with Gasteiger partial charge < -0.3 is 9.13 Å². The molecule has 0 aliphatic carbocycles. The van der Waals surface area contributed by atoms with Crippen molar-refractivity contribution in [3.8, 4) is 89.3 Å². The minimum Gasteiger partial charge on any atom is -0.309 e. The fourth-order valence-electron chi connectivity index (χ4n) is 11.4. The minimum atomic E-state index is 1.13. The highest BCUT2D eigenvalue weighted by atomic mass is 15.0. The van der Waals surface area contributed by atoms with Crippen LogP contribution >= 0.6 is 0 Å². The summed E-state index contributed by atoms with van der Waals surface area (Å²) in [5.74, 6) is 0. The van der Waals surface area contributed by atoms with Crippen molar-refractivity contribution >= 4 is 43.6 Å². The summed E-state index contributed by atoms with van der Waals surface area (Å²) in [5, 5.41) is 4.89. The Morgan fingerprint density at radius 3 is 1.24 bits per heavy atom.